The SMILES string of the molecule is Cn1cc(CN2CCOC[C@H]2c2nc(C(C)(C)C)co2)c2ccccc21. The molecule has 5 nitrogen and oxygen atoms in total. The zero-order chi connectivity index (χ0) is 18.3. The van der Waals surface area contributed by atoms with Gasteiger partial charge in [0.25, 0.3) is 0 Å². The number of nitrogens with zero attached hydrogens (tertiary/aromatic N) is 3. The van der Waals surface area contributed by atoms with Crippen molar-refractivity contribution in [1.82, 2.24) is 14.5 Å². The van der Waals surface area contributed by atoms with Crippen molar-refractivity contribution < 1.29 is 9.15 Å². The van der Waals surface area contributed by atoms with Crippen molar-refractivity contribution in [2.24, 2.45) is 7.05 Å². The predicted octanol–water partition coefficient (Wildman–Crippen LogP) is 4.04. The van der Waals surface area contributed by atoms with E-state index >= 15 is 0 Å². The van der Waals surface area contributed by atoms with Gasteiger partial charge in [-0.1, -0.05) is 39.0 Å². The molecule has 1 aliphatic rings. The molecule has 5 heteroatoms. The molecule has 3 heterocycles. The number of fused-ring (bicyclic) bond motifs is 1. The van der Waals surface area contributed by atoms with Crippen molar-refractivity contribution in [3.8, 4) is 0 Å². The lowest BCUT2D eigenvalue weighted by Crippen LogP contribution is -2.39. The smallest absolute Gasteiger partial charge is 0.214 e. The first-order valence-electron chi connectivity index (χ1n) is 9.24. The number of aryl methyl sites for hydroxylation is 1. The van der Waals surface area contributed by atoms with E-state index < -0.39 is 0 Å². The minimum Gasteiger partial charge on any atom is -0.447 e. The largest absolute Gasteiger partial charge is 0.447 e. The lowest BCUT2D eigenvalue weighted by atomic mass is 9.93. The maximum atomic E-state index is 5.85. The molecule has 1 aliphatic heterocycles. The van der Waals surface area contributed by atoms with Crippen LogP contribution in [-0.2, 0) is 23.7 Å². The molecule has 0 unspecified atom stereocenters. The Morgan fingerprint density at radius 1 is 1.23 bits per heavy atom. The highest BCUT2D eigenvalue weighted by Gasteiger charge is 2.30. The van der Waals surface area contributed by atoms with Gasteiger partial charge >= 0.3 is 0 Å². The number of benzene rings is 1. The zero-order valence-corrected chi connectivity index (χ0v) is 16.0. The molecule has 1 atom stereocenters. The maximum absolute atomic E-state index is 5.85. The van der Waals surface area contributed by atoms with Crippen molar-refractivity contribution in [2.75, 3.05) is 19.8 Å². The Bertz CT molecular complexity index is 904. The second-order valence-corrected chi connectivity index (χ2v) is 8.16. The van der Waals surface area contributed by atoms with Gasteiger partial charge in [-0.15, -0.1) is 0 Å². The van der Waals surface area contributed by atoms with Gasteiger partial charge in [0.1, 0.15) is 12.3 Å². The van der Waals surface area contributed by atoms with Crippen LogP contribution in [0.2, 0.25) is 0 Å². The highest BCUT2D eigenvalue weighted by molar-refractivity contribution is 5.83. The first-order valence-corrected chi connectivity index (χ1v) is 9.24. The summed E-state index contributed by atoms with van der Waals surface area (Å²) in [7, 11) is 2.10. The van der Waals surface area contributed by atoms with Gasteiger partial charge in [-0.2, -0.15) is 0 Å². The van der Waals surface area contributed by atoms with E-state index in [-0.39, 0.29) is 11.5 Å². The Morgan fingerprint density at radius 3 is 2.81 bits per heavy atom. The van der Waals surface area contributed by atoms with E-state index in [9.17, 15) is 0 Å². The summed E-state index contributed by atoms with van der Waals surface area (Å²) >= 11 is 0. The molecule has 1 saturated heterocycles. The molecule has 2 aromatic heterocycles. The van der Waals surface area contributed by atoms with Crippen LogP contribution in [0, 0.1) is 0 Å². The highest BCUT2D eigenvalue weighted by atomic mass is 16.5. The van der Waals surface area contributed by atoms with Crippen LogP contribution in [0.25, 0.3) is 10.9 Å². The summed E-state index contributed by atoms with van der Waals surface area (Å²) in [5.74, 6) is 0.759. The van der Waals surface area contributed by atoms with Gasteiger partial charge < -0.3 is 13.7 Å². The molecular weight excluding hydrogens is 326 g/mol. The number of ether oxygens (including phenoxy) is 1. The van der Waals surface area contributed by atoms with Gasteiger partial charge in [-0.3, -0.25) is 4.90 Å². The zero-order valence-electron chi connectivity index (χ0n) is 16.0. The first-order chi connectivity index (χ1) is 12.4. The van der Waals surface area contributed by atoms with Crippen LogP contribution >= 0.6 is 0 Å². The van der Waals surface area contributed by atoms with Gasteiger partial charge in [-0.25, -0.2) is 4.98 Å². The fourth-order valence-corrected chi connectivity index (χ4v) is 3.61. The van der Waals surface area contributed by atoms with Crippen LogP contribution in [0.3, 0.4) is 0 Å². The fourth-order valence-electron chi connectivity index (χ4n) is 3.61. The van der Waals surface area contributed by atoms with Crippen LogP contribution in [0.4, 0.5) is 0 Å². The topological polar surface area (TPSA) is 43.4 Å². The maximum Gasteiger partial charge on any atom is 0.214 e. The molecule has 0 amide bonds. The fraction of sp³-hybridized carbons (Fsp3) is 0.476. The molecule has 0 N–H and O–H groups in total. The van der Waals surface area contributed by atoms with E-state index in [0.29, 0.717) is 6.61 Å². The van der Waals surface area contributed by atoms with Gasteiger partial charge in [0.15, 0.2) is 0 Å². The Balaban J connectivity index is 1.62. The average Bonchev–Trinajstić information content (AvgIpc) is 3.22. The van der Waals surface area contributed by atoms with Gasteiger partial charge in [0.2, 0.25) is 5.89 Å². The summed E-state index contributed by atoms with van der Waals surface area (Å²) in [4.78, 5) is 7.19. The summed E-state index contributed by atoms with van der Waals surface area (Å²) < 4.78 is 13.8. The second-order valence-electron chi connectivity index (χ2n) is 8.16. The minimum absolute atomic E-state index is 0.0161. The number of para-hydroxylation sites is 1. The molecule has 138 valence electrons. The predicted molar refractivity (Wildman–Crippen MR) is 102 cm³/mol. The minimum atomic E-state index is -0.0161. The Hall–Kier alpha value is -2.11. The first kappa shape index (κ1) is 17.3. The summed E-state index contributed by atoms with van der Waals surface area (Å²) in [6.45, 7) is 9.56. The van der Waals surface area contributed by atoms with E-state index in [1.165, 1.54) is 16.5 Å². The van der Waals surface area contributed by atoms with Crippen LogP contribution < -0.4 is 0 Å². The molecule has 0 radical (unpaired) electrons. The summed E-state index contributed by atoms with van der Waals surface area (Å²) in [5, 5.41) is 1.31. The molecule has 1 fully saturated rings. The van der Waals surface area contributed by atoms with Crippen LogP contribution in [-0.4, -0.2) is 34.2 Å². The van der Waals surface area contributed by atoms with E-state index in [4.69, 9.17) is 14.1 Å². The summed E-state index contributed by atoms with van der Waals surface area (Å²) in [5.41, 5.74) is 3.57. The number of aromatic nitrogens is 2. The third-order valence-electron chi connectivity index (χ3n) is 5.17. The Kier molecular flexibility index (Phi) is 4.37. The van der Waals surface area contributed by atoms with Crippen molar-refractivity contribution in [1.29, 1.82) is 0 Å². The van der Waals surface area contributed by atoms with Crippen molar-refractivity contribution in [3.63, 3.8) is 0 Å². The van der Waals surface area contributed by atoms with Gasteiger partial charge in [0.05, 0.1) is 18.9 Å². The number of oxazole rings is 1. The summed E-state index contributed by atoms with van der Waals surface area (Å²) in [6.07, 6.45) is 4.02. The number of rotatable bonds is 3. The van der Waals surface area contributed by atoms with E-state index in [2.05, 4.69) is 67.7 Å². The summed E-state index contributed by atoms with van der Waals surface area (Å²) in [6, 6.07) is 8.61. The molecule has 0 spiro atoms. The Morgan fingerprint density at radius 2 is 2.04 bits per heavy atom. The molecule has 4 rings (SSSR count). The third-order valence-corrected chi connectivity index (χ3v) is 5.17. The number of hydrogen-bond donors (Lipinski definition) is 0. The molecular formula is C21H27N3O2. The van der Waals surface area contributed by atoms with Crippen LogP contribution in [0.5, 0.6) is 0 Å². The molecule has 0 bridgehead atoms. The second kappa shape index (κ2) is 6.56. The molecule has 3 aromatic rings. The van der Waals surface area contributed by atoms with Crippen molar-refractivity contribution in [2.45, 2.75) is 38.8 Å². The monoisotopic (exact) mass is 353 g/mol. The highest BCUT2D eigenvalue weighted by Crippen LogP contribution is 2.30. The van der Waals surface area contributed by atoms with E-state index in [0.717, 1.165) is 31.3 Å². The van der Waals surface area contributed by atoms with Crippen molar-refractivity contribution >= 4 is 10.9 Å². The van der Waals surface area contributed by atoms with Gasteiger partial charge in [0, 0.05) is 42.7 Å². The van der Waals surface area contributed by atoms with Gasteiger partial charge in [-0.05, 0) is 11.6 Å². The lowest BCUT2D eigenvalue weighted by Gasteiger charge is -2.33. The quantitative estimate of drug-likeness (QED) is 0.713. The molecule has 1 aromatic carbocycles. The molecule has 26 heavy (non-hydrogen) atoms. The standard InChI is InChI=1S/C21H27N3O2/c1-21(2,3)19-14-26-20(22-19)18-13-25-10-9-24(18)12-15-11-23(4)17-8-6-5-7-16(15)17/h5-8,11,14,18H,9-10,12-13H2,1-4H3/t18-/m0/s1. The normalized spacial score (nSPS) is 19.3. The van der Waals surface area contributed by atoms with Crippen molar-refractivity contribution in [3.05, 3.63) is 53.9 Å². The third kappa shape index (κ3) is 3.17. The van der Waals surface area contributed by atoms with Crippen LogP contribution in [0.15, 0.2) is 41.1 Å². The lowest BCUT2D eigenvalue weighted by molar-refractivity contribution is -0.0221. The number of hydrogen-bond acceptors (Lipinski definition) is 4. The van der Waals surface area contributed by atoms with E-state index in [1.807, 2.05) is 0 Å². The Labute approximate surface area is 154 Å². The van der Waals surface area contributed by atoms with Crippen LogP contribution in [0.1, 0.15) is 44.0 Å². The molecule has 0 aliphatic carbocycles. The number of morpholine rings is 1. The molecule has 0 saturated carbocycles. The van der Waals surface area contributed by atoms with E-state index in [1.54, 1.807) is 6.26 Å². The average molecular weight is 353 g/mol.